The number of likely N-dealkylation sites (N-methyl/N-ethyl adjacent to an activating group) is 1. The van der Waals surface area contributed by atoms with Crippen molar-refractivity contribution >= 4 is 5.91 Å². The molecule has 0 aromatic heterocycles. The van der Waals surface area contributed by atoms with Gasteiger partial charge < -0.3 is 5.73 Å². The third kappa shape index (κ3) is 1.48. The SMILES string of the molecule is CN1CCCCC1C(N)=O. The highest BCUT2D eigenvalue weighted by Crippen LogP contribution is 2.13. The third-order valence-electron chi connectivity index (χ3n) is 2.10. The zero-order chi connectivity index (χ0) is 7.56. The molecule has 1 fully saturated rings. The van der Waals surface area contributed by atoms with E-state index in [2.05, 4.69) is 0 Å². The monoisotopic (exact) mass is 142 g/mol. The summed E-state index contributed by atoms with van der Waals surface area (Å²) in [4.78, 5) is 12.8. The van der Waals surface area contributed by atoms with Crippen LogP contribution in [0, 0.1) is 0 Å². The molecular weight excluding hydrogens is 128 g/mol. The Labute approximate surface area is 61.2 Å². The minimum Gasteiger partial charge on any atom is -0.368 e. The van der Waals surface area contributed by atoms with Crippen LogP contribution in [0.2, 0.25) is 0 Å². The molecule has 58 valence electrons. The summed E-state index contributed by atoms with van der Waals surface area (Å²) in [5.41, 5.74) is 5.18. The average molecular weight is 142 g/mol. The van der Waals surface area contributed by atoms with Crippen molar-refractivity contribution in [2.24, 2.45) is 5.73 Å². The lowest BCUT2D eigenvalue weighted by Crippen LogP contribution is -2.45. The Balaban J connectivity index is 2.47. The van der Waals surface area contributed by atoms with E-state index in [4.69, 9.17) is 5.73 Å². The minimum atomic E-state index is -0.179. The van der Waals surface area contributed by atoms with Gasteiger partial charge in [-0.2, -0.15) is 0 Å². The molecule has 3 heteroatoms. The quantitative estimate of drug-likeness (QED) is 0.558. The van der Waals surface area contributed by atoms with Crippen LogP contribution >= 0.6 is 0 Å². The highest BCUT2D eigenvalue weighted by molar-refractivity contribution is 5.79. The second-order valence-electron chi connectivity index (χ2n) is 2.89. The van der Waals surface area contributed by atoms with Crippen LogP contribution in [0.4, 0.5) is 0 Å². The zero-order valence-electron chi connectivity index (χ0n) is 6.34. The molecule has 10 heavy (non-hydrogen) atoms. The van der Waals surface area contributed by atoms with Gasteiger partial charge in [0.15, 0.2) is 0 Å². The molecule has 1 unspecified atom stereocenters. The summed E-state index contributed by atoms with van der Waals surface area (Å²) in [5, 5.41) is 0. The van der Waals surface area contributed by atoms with Gasteiger partial charge >= 0.3 is 0 Å². The van der Waals surface area contributed by atoms with Crippen LogP contribution in [-0.2, 0) is 4.79 Å². The molecule has 1 heterocycles. The van der Waals surface area contributed by atoms with Gasteiger partial charge in [0.2, 0.25) is 5.91 Å². The van der Waals surface area contributed by atoms with Crippen LogP contribution in [0.5, 0.6) is 0 Å². The largest absolute Gasteiger partial charge is 0.368 e. The number of nitrogens with two attached hydrogens (primary N) is 1. The molecule has 0 saturated carbocycles. The minimum absolute atomic E-state index is 0.00579. The summed E-state index contributed by atoms with van der Waals surface area (Å²) >= 11 is 0. The van der Waals surface area contributed by atoms with Crippen molar-refractivity contribution in [1.82, 2.24) is 4.90 Å². The molecule has 2 N–H and O–H groups in total. The summed E-state index contributed by atoms with van der Waals surface area (Å²) in [5.74, 6) is -0.179. The van der Waals surface area contributed by atoms with Gasteiger partial charge in [-0.15, -0.1) is 0 Å². The predicted molar refractivity (Wildman–Crippen MR) is 39.5 cm³/mol. The molecule has 0 radical (unpaired) electrons. The van der Waals surface area contributed by atoms with Gasteiger partial charge in [-0.1, -0.05) is 6.42 Å². The average Bonchev–Trinajstić information content (AvgIpc) is 1.88. The van der Waals surface area contributed by atoms with Crippen molar-refractivity contribution in [3.05, 3.63) is 0 Å². The number of likely N-dealkylation sites (tertiary alicyclic amines) is 1. The van der Waals surface area contributed by atoms with Gasteiger partial charge in [0.05, 0.1) is 6.04 Å². The summed E-state index contributed by atoms with van der Waals surface area (Å²) in [7, 11) is 1.95. The Morgan fingerprint density at radius 1 is 1.60 bits per heavy atom. The number of hydrogen-bond donors (Lipinski definition) is 1. The van der Waals surface area contributed by atoms with E-state index in [0.717, 1.165) is 19.4 Å². The highest BCUT2D eigenvalue weighted by atomic mass is 16.1. The van der Waals surface area contributed by atoms with Crippen molar-refractivity contribution in [2.45, 2.75) is 25.3 Å². The number of hydrogen-bond acceptors (Lipinski definition) is 2. The molecule has 0 aromatic rings. The molecule has 0 aromatic carbocycles. The normalized spacial score (nSPS) is 28.3. The number of nitrogens with zero attached hydrogens (tertiary/aromatic N) is 1. The van der Waals surface area contributed by atoms with Crippen molar-refractivity contribution in [2.75, 3.05) is 13.6 Å². The second-order valence-corrected chi connectivity index (χ2v) is 2.89. The van der Waals surface area contributed by atoms with E-state index in [-0.39, 0.29) is 11.9 Å². The first-order valence-electron chi connectivity index (χ1n) is 3.71. The summed E-state index contributed by atoms with van der Waals surface area (Å²) in [6.45, 7) is 1.01. The van der Waals surface area contributed by atoms with E-state index in [0.29, 0.717) is 0 Å². The predicted octanol–water partition coefficient (Wildman–Crippen LogP) is -0.0440. The van der Waals surface area contributed by atoms with Crippen LogP contribution in [0.1, 0.15) is 19.3 Å². The molecular formula is C7H14N2O. The standard InChI is InChI=1S/C7H14N2O/c1-9-5-3-2-4-6(9)7(8)10/h6H,2-5H2,1H3,(H2,8,10). The number of amides is 1. The van der Waals surface area contributed by atoms with Gasteiger partial charge in [-0.25, -0.2) is 0 Å². The Hall–Kier alpha value is -0.570. The lowest BCUT2D eigenvalue weighted by molar-refractivity contribution is -0.123. The number of carbonyl (C=O) groups is 1. The number of piperidine rings is 1. The van der Waals surface area contributed by atoms with Gasteiger partial charge in [0.25, 0.3) is 0 Å². The molecule has 1 amide bonds. The Morgan fingerprint density at radius 2 is 2.30 bits per heavy atom. The van der Waals surface area contributed by atoms with Crippen LogP contribution in [0.3, 0.4) is 0 Å². The third-order valence-corrected chi connectivity index (χ3v) is 2.10. The van der Waals surface area contributed by atoms with E-state index >= 15 is 0 Å². The molecule has 1 aliphatic rings. The first kappa shape index (κ1) is 7.54. The van der Waals surface area contributed by atoms with E-state index in [1.54, 1.807) is 0 Å². The molecule has 1 atom stereocenters. The van der Waals surface area contributed by atoms with Crippen LogP contribution < -0.4 is 5.73 Å². The molecule has 1 saturated heterocycles. The fourth-order valence-corrected chi connectivity index (χ4v) is 1.43. The lowest BCUT2D eigenvalue weighted by Gasteiger charge is -2.29. The second kappa shape index (κ2) is 3.01. The summed E-state index contributed by atoms with van der Waals surface area (Å²) in [6.07, 6.45) is 3.27. The molecule has 0 spiro atoms. The Morgan fingerprint density at radius 3 is 2.70 bits per heavy atom. The van der Waals surface area contributed by atoms with Crippen molar-refractivity contribution < 1.29 is 4.79 Å². The smallest absolute Gasteiger partial charge is 0.234 e. The zero-order valence-corrected chi connectivity index (χ0v) is 6.34. The maximum atomic E-state index is 10.7. The molecule has 1 rings (SSSR count). The first-order chi connectivity index (χ1) is 4.72. The number of primary amides is 1. The fourth-order valence-electron chi connectivity index (χ4n) is 1.43. The number of carbonyl (C=O) groups excluding carboxylic acids is 1. The van der Waals surface area contributed by atoms with E-state index in [9.17, 15) is 4.79 Å². The van der Waals surface area contributed by atoms with E-state index in [1.165, 1.54) is 6.42 Å². The number of rotatable bonds is 1. The first-order valence-corrected chi connectivity index (χ1v) is 3.71. The molecule has 0 bridgehead atoms. The van der Waals surface area contributed by atoms with Gasteiger partial charge in [-0.3, -0.25) is 9.69 Å². The van der Waals surface area contributed by atoms with Gasteiger partial charge in [0.1, 0.15) is 0 Å². The topological polar surface area (TPSA) is 46.3 Å². The van der Waals surface area contributed by atoms with Crippen molar-refractivity contribution in [3.63, 3.8) is 0 Å². The van der Waals surface area contributed by atoms with Gasteiger partial charge in [-0.05, 0) is 26.4 Å². The van der Waals surface area contributed by atoms with E-state index < -0.39 is 0 Å². The highest BCUT2D eigenvalue weighted by Gasteiger charge is 2.22. The Kier molecular flexibility index (Phi) is 2.27. The van der Waals surface area contributed by atoms with Crippen molar-refractivity contribution in [1.29, 1.82) is 0 Å². The maximum Gasteiger partial charge on any atom is 0.234 e. The lowest BCUT2D eigenvalue weighted by atomic mass is 10.0. The maximum absolute atomic E-state index is 10.7. The fraction of sp³-hybridized carbons (Fsp3) is 0.857. The van der Waals surface area contributed by atoms with Crippen LogP contribution in [0.15, 0.2) is 0 Å². The van der Waals surface area contributed by atoms with Crippen molar-refractivity contribution in [3.8, 4) is 0 Å². The van der Waals surface area contributed by atoms with Crippen LogP contribution in [0.25, 0.3) is 0 Å². The van der Waals surface area contributed by atoms with Crippen LogP contribution in [-0.4, -0.2) is 30.4 Å². The summed E-state index contributed by atoms with van der Waals surface area (Å²) < 4.78 is 0. The molecule has 0 aliphatic carbocycles. The Bertz CT molecular complexity index is 136. The van der Waals surface area contributed by atoms with Gasteiger partial charge in [0, 0.05) is 0 Å². The molecule has 1 aliphatic heterocycles. The van der Waals surface area contributed by atoms with E-state index in [1.807, 2.05) is 11.9 Å². The molecule has 3 nitrogen and oxygen atoms in total. The summed E-state index contributed by atoms with van der Waals surface area (Å²) in [6, 6.07) is -0.00579.